The van der Waals surface area contributed by atoms with E-state index < -0.39 is 0 Å². The van der Waals surface area contributed by atoms with Gasteiger partial charge in [0.1, 0.15) is 0 Å². The number of nitrogens with two attached hydrogens (primary N) is 1. The second-order valence-corrected chi connectivity index (χ2v) is 4.76. The number of rotatable bonds is 11. The number of unbranched alkanes of at least 4 members (excludes halogenated alkanes) is 8. The molecule has 0 aromatic heterocycles. The third kappa shape index (κ3) is 10.1. The summed E-state index contributed by atoms with van der Waals surface area (Å²) in [5, 5.41) is 0. The van der Waals surface area contributed by atoms with Crippen molar-refractivity contribution in [1.82, 2.24) is 0 Å². The number of amides is 1. The molecule has 0 aromatic rings. The first-order chi connectivity index (χ1) is 8.22. The molecule has 0 radical (unpaired) electrons. The van der Waals surface area contributed by atoms with Crippen molar-refractivity contribution in [2.24, 2.45) is 5.73 Å². The van der Waals surface area contributed by atoms with E-state index in [1.54, 1.807) is 0 Å². The smallest absolute Gasteiger partial charge is 0.244 e. The summed E-state index contributed by atoms with van der Waals surface area (Å²) >= 11 is 0. The molecule has 1 amide bonds. The highest BCUT2D eigenvalue weighted by atomic mass is 16.1. The quantitative estimate of drug-likeness (QED) is 0.423. The predicted molar refractivity (Wildman–Crippen MR) is 74.8 cm³/mol. The molecule has 2 nitrogen and oxygen atoms in total. The van der Waals surface area contributed by atoms with Gasteiger partial charge in [0.25, 0.3) is 0 Å². The summed E-state index contributed by atoms with van der Waals surface area (Å²) in [5.41, 5.74) is 6.03. The summed E-state index contributed by atoms with van der Waals surface area (Å²) in [7, 11) is 0. The molecular weight excluding hydrogens is 210 g/mol. The Morgan fingerprint density at radius 1 is 0.941 bits per heavy atom. The SMILES string of the molecule is CC=C(CCCCCCCCCCC)C(N)=O. The first-order valence-corrected chi connectivity index (χ1v) is 7.17. The molecule has 17 heavy (non-hydrogen) atoms. The molecule has 0 aliphatic heterocycles. The van der Waals surface area contributed by atoms with Crippen molar-refractivity contribution < 1.29 is 4.79 Å². The van der Waals surface area contributed by atoms with Crippen molar-refractivity contribution in [2.75, 3.05) is 0 Å². The number of allylic oxidation sites excluding steroid dienone is 1. The molecule has 0 fully saturated rings. The highest BCUT2D eigenvalue weighted by Gasteiger charge is 2.02. The Balaban J connectivity index is 3.26. The molecule has 0 aromatic carbocycles. The van der Waals surface area contributed by atoms with Crippen molar-refractivity contribution in [3.05, 3.63) is 11.6 Å². The lowest BCUT2D eigenvalue weighted by Crippen LogP contribution is -2.13. The minimum absolute atomic E-state index is 0.257. The molecule has 0 atom stereocenters. The monoisotopic (exact) mass is 239 g/mol. The topological polar surface area (TPSA) is 43.1 Å². The highest BCUT2D eigenvalue weighted by molar-refractivity contribution is 5.91. The average molecular weight is 239 g/mol. The van der Waals surface area contributed by atoms with E-state index in [2.05, 4.69) is 6.92 Å². The second kappa shape index (κ2) is 11.7. The first-order valence-electron chi connectivity index (χ1n) is 7.17. The molecule has 0 saturated heterocycles. The zero-order valence-electron chi connectivity index (χ0n) is 11.6. The van der Waals surface area contributed by atoms with E-state index in [1.807, 2.05) is 13.0 Å². The van der Waals surface area contributed by atoms with E-state index in [9.17, 15) is 4.79 Å². The number of hydrogen-bond donors (Lipinski definition) is 1. The van der Waals surface area contributed by atoms with Crippen LogP contribution in [-0.4, -0.2) is 5.91 Å². The van der Waals surface area contributed by atoms with E-state index in [0.717, 1.165) is 18.4 Å². The van der Waals surface area contributed by atoms with Gasteiger partial charge in [0, 0.05) is 5.57 Å². The number of primary amides is 1. The zero-order valence-corrected chi connectivity index (χ0v) is 11.6. The molecule has 0 unspecified atom stereocenters. The minimum Gasteiger partial charge on any atom is -0.366 e. The maximum atomic E-state index is 11.0. The summed E-state index contributed by atoms with van der Waals surface area (Å²) in [5.74, 6) is -0.257. The number of carbonyl (C=O) groups is 1. The normalized spacial score (nSPS) is 11.8. The van der Waals surface area contributed by atoms with Gasteiger partial charge in [-0.15, -0.1) is 0 Å². The lowest BCUT2D eigenvalue weighted by molar-refractivity contribution is -0.114. The molecule has 0 aliphatic rings. The Hall–Kier alpha value is -0.790. The van der Waals surface area contributed by atoms with Gasteiger partial charge in [0.2, 0.25) is 5.91 Å². The minimum atomic E-state index is -0.257. The van der Waals surface area contributed by atoms with Gasteiger partial charge in [-0.3, -0.25) is 4.79 Å². The van der Waals surface area contributed by atoms with Crippen molar-refractivity contribution in [3.8, 4) is 0 Å². The Kier molecular flexibility index (Phi) is 11.1. The van der Waals surface area contributed by atoms with Gasteiger partial charge < -0.3 is 5.73 Å². The number of hydrogen-bond acceptors (Lipinski definition) is 1. The Bertz CT molecular complexity index is 221. The summed E-state index contributed by atoms with van der Waals surface area (Å²) in [6, 6.07) is 0. The molecule has 0 aliphatic carbocycles. The molecule has 0 spiro atoms. The fraction of sp³-hybridized carbons (Fsp3) is 0.800. The standard InChI is InChI=1S/C15H29NO/c1-3-5-6-7-8-9-10-11-12-13-14(4-2)15(16)17/h4H,3,5-13H2,1-2H3,(H2,16,17). The molecule has 2 heteroatoms. The van der Waals surface area contributed by atoms with Gasteiger partial charge in [-0.05, 0) is 19.8 Å². The fourth-order valence-electron chi connectivity index (χ4n) is 2.04. The van der Waals surface area contributed by atoms with Crippen molar-refractivity contribution in [3.63, 3.8) is 0 Å². The van der Waals surface area contributed by atoms with E-state index in [0.29, 0.717) is 0 Å². The maximum Gasteiger partial charge on any atom is 0.244 e. The van der Waals surface area contributed by atoms with E-state index in [1.165, 1.54) is 51.4 Å². The Morgan fingerprint density at radius 2 is 1.41 bits per heavy atom. The van der Waals surface area contributed by atoms with Gasteiger partial charge in [-0.2, -0.15) is 0 Å². The lowest BCUT2D eigenvalue weighted by atomic mass is 10.0. The van der Waals surface area contributed by atoms with E-state index in [4.69, 9.17) is 5.73 Å². The number of carbonyl (C=O) groups excluding carboxylic acids is 1. The first kappa shape index (κ1) is 16.2. The maximum absolute atomic E-state index is 11.0. The molecular formula is C15H29NO. The van der Waals surface area contributed by atoms with Gasteiger partial charge in [-0.1, -0.05) is 64.4 Å². The van der Waals surface area contributed by atoms with Crippen molar-refractivity contribution in [2.45, 2.75) is 78.1 Å². The van der Waals surface area contributed by atoms with Crippen LogP contribution in [0.3, 0.4) is 0 Å². The van der Waals surface area contributed by atoms with Crippen LogP contribution in [0.25, 0.3) is 0 Å². The predicted octanol–water partition coefficient (Wildman–Crippen LogP) is 4.34. The van der Waals surface area contributed by atoms with Crippen LogP contribution in [-0.2, 0) is 4.79 Å². The van der Waals surface area contributed by atoms with Crippen LogP contribution in [0.2, 0.25) is 0 Å². The average Bonchev–Trinajstić information content (AvgIpc) is 2.31. The van der Waals surface area contributed by atoms with Gasteiger partial charge in [-0.25, -0.2) is 0 Å². The summed E-state index contributed by atoms with van der Waals surface area (Å²) in [6.45, 7) is 4.13. The fourth-order valence-corrected chi connectivity index (χ4v) is 2.04. The van der Waals surface area contributed by atoms with Crippen LogP contribution >= 0.6 is 0 Å². The largest absolute Gasteiger partial charge is 0.366 e. The summed E-state index contributed by atoms with van der Waals surface area (Å²) in [6.07, 6.45) is 14.5. The third-order valence-corrected chi connectivity index (χ3v) is 3.21. The van der Waals surface area contributed by atoms with E-state index >= 15 is 0 Å². The summed E-state index contributed by atoms with van der Waals surface area (Å²) in [4.78, 5) is 11.0. The van der Waals surface area contributed by atoms with Crippen LogP contribution in [0, 0.1) is 0 Å². The highest BCUT2D eigenvalue weighted by Crippen LogP contribution is 2.13. The molecule has 2 N–H and O–H groups in total. The van der Waals surface area contributed by atoms with Gasteiger partial charge in [0.05, 0.1) is 0 Å². The third-order valence-electron chi connectivity index (χ3n) is 3.21. The lowest BCUT2D eigenvalue weighted by Gasteiger charge is -2.03. The van der Waals surface area contributed by atoms with E-state index in [-0.39, 0.29) is 5.91 Å². The summed E-state index contributed by atoms with van der Waals surface area (Å²) < 4.78 is 0. The van der Waals surface area contributed by atoms with Crippen LogP contribution in [0.5, 0.6) is 0 Å². The Labute approximate surface area is 107 Å². The van der Waals surface area contributed by atoms with Gasteiger partial charge >= 0.3 is 0 Å². The molecule has 100 valence electrons. The molecule has 0 bridgehead atoms. The van der Waals surface area contributed by atoms with Crippen LogP contribution in [0.15, 0.2) is 11.6 Å². The Morgan fingerprint density at radius 3 is 1.82 bits per heavy atom. The van der Waals surface area contributed by atoms with Crippen LogP contribution < -0.4 is 5.73 Å². The zero-order chi connectivity index (χ0) is 12.9. The molecule has 0 heterocycles. The second-order valence-electron chi connectivity index (χ2n) is 4.76. The van der Waals surface area contributed by atoms with Crippen molar-refractivity contribution >= 4 is 5.91 Å². The van der Waals surface area contributed by atoms with Crippen LogP contribution in [0.1, 0.15) is 78.1 Å². The van der Waals surface area contributed by atoms with Crippen LogP contribution in [0.4, 0.5) is 0 Å². The molecule has 0 saturated carbocycles. The van der Waals surface area contributed by atoms with Crippen molar-refractivity contribution in [1.29, 1.82) is 0 Å². The molecule has 0 rings (SSSR count). The van der Waals surface area contributed by atoms with Gasteiger partial charge in [0.15, 0.2) is 0 Å².